The summed E-state index contributed by atoms with van der Waals surface area (Å²) in [6, 6.07) is 24.1. The standard InChI is InChI=1S/C26H26N4O2/c1-2-30-23-11-7-6-10-21(23)22-16-20(12-13-24(22)30)18-28-29-26(32)15-14-25(31)27-17-19-8-4-3-5-9-19/h3-13,16,18H,2,14-15,17H2,1H3,(H,27,31)(H,29,32)/b28-18+. The van der Waals surface area contributed by atoms with Gasteiger partial charge in [0.05, 0.1) is 6.21 Å². The van der Waals surface area contributed by atoms with Crippen molar-refractivity contribution in [1.82, 2.24) is 15.3 Å². The van der Waals surface area contributed by atoms with Gasteiger partial charge in [-0.15, -0.1) is 0 Å². The lowest BCUT2D eigenvalue weighted by Crippen LogP contribution is -2.25. The third kappa shape index (κ3) is 4.86. The van der Waals surface area contributed by atoms with E-state index in [4.69, 9.17) is 0 Å². The summed E-state index contributed by atoms with van der Waals surface area (Å²) in [6.07, 6.45) is 1.84. The Morgan fingerprint density at radius 2 is 1.59 bits per heavy atom. The van der Waals surface area contributed by atoms with Crippen molar-refractivity contribution in [3.8, 4) is 0 Å². The first-order valence-corrected chi connectivity index (χ1v) is 10.8. The Balaban J connectivity index is 1.32. The van der Waals surface area contributed by atoms with Gasteiger partial charge in [-0.1, -0.05) is 54.6 Å². The van der Waals surface area contributed by atoms with Crippen LogP contribution >= 0.6 is 0 Å². The van der Waals surface area contributed by atoms with Crippen molar-refractivity contribution in [2.45, 2.75) is 32.9 Å². The van der Waals surface area contributed by atoms with Gasteiger partial charge in [0.1, 0.15) is 0 Å². The van der Waals surface area contributed by atoms with Crippen molar-refractivity contribution in [2.75, 3.05) is 0 Å². The lowest BCUT2D eigenvalue weighted by Gasteiger charge is -2.05. The van der Waals surface area contributed by atoms with Crippen LogP contribution in [0.4, 0.5) is 0 Å². The molecule has 0 unspecified atom stereocenters. The lowest BCUT2D eigenvalue weighted by atomic mass is 10.1. The number of hydrazone groups is 1. The third-order valence-electron chi connectivity index (χ3n) is 5.43. The van der Waals surface area contributed by atoms with Crippen molar-refractivity contribution < 1.29 is 9.59 Å². The lowest BCUT2D eigenvalue weighted by molar-refractivity contribution is -0.126. The van der Waals surface area contributed by atoms with Crippen LogP contribution < -0.4 is 10.7 Å². The molecule has 2 N–H and O–H groups in total. The molecule has 0 aliphatic heterocycles. The van der Waals surface area contributed by atoms with Gasteiger partial charge < -0.3 is 9.88 Å². The van der Waals surface area contributed by atoms with Crippen LogP contribution in [0.2, 0.25) is 0 Å². The molecule has 0 bridgehead atoms. The minimum Gasteiger partial charge on any atom is -0.352 e. The molecular formula is C26H26N4O2. The second-order valence-corrected chi connectivity index (χ2v) is 7.59. The maximum atomic E-state index is 12.0. The number of aromatic nitrogens is 1. The number of hydrogen-bond acceptors (Lipinski definition) is 3. The molecule has 0 saturated carbocycles. The fourth-order valence-electron chi connectivity index (χ4n) is 3.84. The molecule has 0 spiro atoms. The second kappa shape index (κ2) is 9.92. The summed E-state index contributed by atoms with van der Waals surface area (Å²) in [6.45, 7) is 3.49. The van der Waals surface area contributed by atoms with Crippen molar-refractivity contribution in [3.63, 3.8) is 0 Å². The molecule has 32 heavy (non-hydrogen) atoms. The molecule has 0 aliphatic carbocycles. The van der Waals surface area contributed by atoms with E-state index in [0.717, 1.165) is 23.1 Å². The van der Waals surface area contributed by atoms with Gasteiger partial charge in [0.2, 0.25) is 11.8 Å². The number of carbonyl (C=O) groups excluding carboxylic acids is 2. The van der Waals surface area contributed by atoms with E-state index >= 15 is 0 Å². The van der Waals surface area contributed by atoms with Crippen LogP contribution in [-0.4, -0.2) is 22.6 Å². The summed E-state index contributed by atoms with van der Waals surface area (Å²) in [5, 5.41) is 9.24. The van der Waals surface area contributed by atoms with Gasteiger partial charge in [-0.05, 0) is 36.2 Å². The summed E-state index contributed by atoms with van der Waals surface area (Å²) in [7, 11) is 0. The number of nitrogens with zero attached hydrogens (tertiary/aromatic N) is 2. The first kappa shape index (κ1) is 21.3. The smallest absolute Gasteiger partial charge is 0.240 e. The van der Waals surface area contributed by atoms with Gasteiger partial charge in [0.15, 0.2) is 0 Å². The van der Waals surface area contributed by atoms with E-state index in [1.807, 2.05) is 48.5 Å². The van der Waals surface area contributed by atoms with Gasteiger partial charge >= 0.3 is 0 Å². The molecule has 1 aromatic heterocycles. The normalized spacial score (nSPS) is 11.3. The molecule has 0 aliphatic rings. The number of benzene rings is 3. The summed E-state index contributed by atoms with van der Waals surface area (Å²) in [5.41, 5.74) is 6.81. The number of hydrogen-bond donors (Lipinski definition) is 2. The van der Waals surface area contributed by atoms with Gasteiger partial charge in [0.25, 0.3) is 0 Å². The SMILES string of the molecule is CCn1c2ccccc2c2cc(/C=N/NC(=O)CCC(=O)NCc3ccccc3)ccc21. The van der Waals surface area contributed by atoms with Crippen LogP contribution in [-0.2, 0) is 22.7 Å². The molecule has 1 heterocycles. The number of aryl methyl sites for hydroxylation is 1. The van der Waals surface area contributed by atoms with E-state index in [1.165, 1.54) is 16.4 Å². The molecular weight excluding hydrogens is 400 g/mol. The van der Waals surface area contributed by atoms with E-state index < -0.39 is 0 Å². The Kier molecular flexibility index (Phi) is 6.60. The zero-order valence-electron chi connectivity index (χ0n) is 18.0. The number of carbonyl (C=O) groups is 2. The molecule has 6 nitrogen and oxygen atoms in total. The highest BCUT2D eigenvalue weighted by molar-refractivity contribution is 6.09. The minimum atomic E-state index is -0.292. The van der Waals surface area contributed by atoms with Crippen LogP contribution in [0.1, 0.15) is 30.9 Å². The quantitative estimate of drug-likeness (QED) is 0.324. The fraction of sp³-hybridized carbons (Fsp3) is 0.192. The van der Waals surface area contributed by atoms with Gasteiger partial charge in [-0.2, -0.15) is 5.10 Å². The average Bonchev–Trinajstić information content (AvgIpc) is 3.15. The van der Waals surface area contributed by atoms with Crippen LogP contribution in [0.5, 0.6) is 0 Å². The Hall–Kier alpha value is -3.93. The highest BCUT2D eigenvalue weighted by Gasteiger charge is 2.09. The zero-order valence-corrected chi connectivity index (χ0v) is 18.0. The summed E-state index contributed by atoms with van der Waals surface area (Å²) in [4.78, 5) is 24.0. The molecule has 0 atom stereocenters. The Morgan fingerprint density at radius 3 is 2.41 bits per heavy atom. The van der Waals surface area contributed by atoms with Crippen LogP contribution in [0.15, 0.2) is 77.9 Å². The average molecular weight is 427 g/mol. The molecule has 6 heteroatoms. The third-order valence-corrected chi connectivity index (χ3v) is 5.43. The van der Waals surface area contributed by atoms with Crippen LogP contribution in [0.3, 0.4) is 0 Å². The highest BCUT2D eigenvalue weighted by Crippen LogP contribution is 2.29. The second-order valence-electron chi connectivity index (χ2n) is 7.59. The fourth-order valence-corrected chi connectivity index (χ4v) is 3.84. The molecule has 3 aromatic carbocycles. The summed E-state index contributed by atoms with van der Waals surface area (Å²) in [5.74, 6) is -0.453. The topological polar surface area (TPSA) is 75.5 Å². The zero-order chi connectivity index (χ0) is 22.3. The molecule has 4 rings (SSSR count). The van der Waals surface area contributed by atoms with Gasteiger partial charge in [-0.25, -0.2) is 5.43 Å². The number of amides is 2. The first-order valence-electron chi connectivity index (χ1n) is 10.8. The predicted octanol–water partition coefficient (Wildman–Crippen LogP) is 4.36. The van der Waals surface area contributed by atoms with Crippen molar-refractivity contribution in [1.29, 1.82) is 0 Å². The maximum absolute atomic E-state index is 12.0. The number of fused-ring (bicyclic) bond motifs is 3. The first-order chi connectivity index (χ1) is 15.7. The van der Waals surface area contributed by atoms with Gasteiger partial charge in [-0.3, -0.25) is 9.59 Å². The van der Waals surface area contributed by atoms with Crippen LogP contribution in [0, 0.1) is 0 Å². The van der Waals surface area contributed by atoms with Crippen molar-refractivity contribution in [3.05, 3.63) is 83.9 Å². The van der Waals surface area contributed by atoms with Gasteiger partial charge in [0, 0.05) is 47.7 Å². The molecule has 2 amide bonds. The number of rotatable bonds is 8. The predicted molar refractivity (Wildman–Crippen MR) is 128 cm³/mol. The number of nitrogens with one attached hydrogen (secondary N) is 2. The molecule has 0 fully saturated rings. The Bertz CT molecular complexity index is 1280. The van der Waals surface area contributed by atoms with Crippen molar-refractivity contribution >= 4 is 39.8 Å². The van der Waals surface area contributed by atoms with E-state index in [9.17, 15) is 9.59 Å². The Morgan fingerprint density at radius 1 is 0.875 bits per heavy atom. The largest absolute Gasteiger partial charge is 0.352 e. The highest BCUT2D eigenvalue weighted by atomic mass is 16.2. The van der Waals surface area contributed by atoms with E-state index in [2.05, 4.69) is 51.6 Å². The summed E-state index contributed by atoms with van der Waals surface area (Å²) >= 11 is 0. The van der Waals surface area contributed by atoms with E-state index in [0.29, 0.717) is 6.54 Å². The molecule has 4 aromatic rings. The summed E-state index contributed by atoms with van der Waals surface area (Å²) < 4.78 is 2.29. The molecule has 0 saturated heterocycles. The minimum absolute atomic E-state index is 0.0843. The maximum Gasteiger partial charge on any atom is 0.240 e. The van der Waals surface area contributed by atoms with Crippen LogP contribution in [0.25, 0.3) is 21.8 Å². The molecule has 162 valence electrons. The molecule has 0 radical (unpaired) electrons. The van der Waals surface area contributed by atoms with E-state index in [-0.39, 0.29) is 24.7 Å². The Labute approximate surface area is 186 Å². The number of para-hydroxylation sites is 1. The monoisotopic (exact) mass is 426 g/mol. The van der Waals surface area contributed by atoms with Crippen molar-refractivity contribution in [2.24, 2.45) is 5.10 Å². The van der Waals surface area contributed by atoms with E-state index in [1.54, 1.807) is 6.21 Å².